The normalized spacial score (nSPS) is 39.5. The van der Waals surface area contributed by atoms with Crippen molar-refractivity contribution >= 4 is 5.97 Å². The molecule has 0 amide bonds. The Balaban J connectivity index is 1.86. The number of hydrogen-bond donors (Lipinski definition) is 1. The molecular weight excluding hydrogens is 276 g/mol. The lowest BCUT2D eigenvalue weighted by Crippen LogP contribution is -2.34. The van der Waals surface area contributed by atoms with Crippen molar-refractivity contribution in [2.45, 2.75) is 64.6 Å². The van der Waals surface area contributed by atoms with E-state index in [1.165, 1.54) is 24.0 Å². The number of carboxylic acids is 1. The van der Waals surface area contributed by atoms with Crippen molar-refractivity contribution in [1.82, 2.24) is 0 Å². The Morgan fingerprint density at radius 3 is 2.77 bits per heavy atom. The highest BCUT2D eigenvalue weighted by Gasteiger charge is 2.64. The van der Waals surface area contributed by atoms with Crippen LogP contribution in [0.4, 0.5) is 0 Å². The summed E-state index contributed by atoms with van der Waals surface area (Å²) in [5.74, 6) is -0.260. The average Bonchev–Trinajstić information content (AvgIpc) is 3.04. The van der Waals surface area contributed by atoms with Crippen LogP contribution >= 0.6 is 0 Å². The van der Waals surface area contributed by atoms with E-state index in [-0.39, 0.29) is 17.1 Å². The monoisotopic (exact) mass is 300 g/mol. The van der Waals surface area contributed by atoms with Crippen molar-refractivity contribution in [3.63, 3.8) is 0 Å². The van der Waals surface area contributed by atoms with Crippen LogP contribution in [0.2, 0.25) is 0 Å². The second-order valence-electron chi connectivity index (χ2n) is 7.89. The number of ether oxygens (including phenoxy) is 1. The number of fused-ring (bicyclic) bond motifs is 2. The van der Waals surface area contributed by atoms with Crippen LogP contribution in [-0.4, -0.2) is 22.8 Å². The molecule has 1 saturated heterocycles. The standard InChI is InChI=1S/C19H24O3/c1-11(2)13-6-7-18(3)8-9-19-14(16(13)18)5-4-12(17(20)21)10-15(19)22-19/h4-5,11,15H,6-10H2,1-3H3,(H,20,21)/t15-,18+,19-/m0/s1. The molecule has 1 saturated carbocycles. The maximum Gasteiger partial charge on any atom is 0.331 e. The number of hydrogen-bond acceptors (Lipinski definition) is 2. The number of carbonyl (C=O) groups is 1. The molecule has 0 unspecified atom stereocenters. The molecule has 3 atom stereocenters. The van der Waals surface area contributed by atoms with Gasteiger partial charge >= 0.3 is 5.97 Å². The maximum absolute atomic E-state index is 11.4. The lowest BCUT2D eigenvalue weighted by Gasteiger charge is -2.39. The zero-order chi connectivity index (χ0) is 15.7. The first-order valence-electron chi connectivity index (χ1n) is 8.44. The Kier molecular flexibility index (Phi) is 2.82. The van der Waals surface area contributed by atoms with Gasteiger partial charge in [-0.2, -0.15) is 0 Å². The lowest BCUT2D eigenvalue weighted by atomic mass is 9.64. The fraction of sp³-hybridized carbons (Fsp3) is 0.632. The second kappa shape index (κ2) is 4.35. The maximum atomic E-state index is 11.4. The van der Waals surface area contributed by atoms with E-state index in [0.29, 0.717) is 17.9 Å². The third-order valence-electron chi connectivity index (χ3n) is 6.29. The predicted molar refractivity (Wildman–Crippen MR) is 84.5 cm³/mol. The minimum Gasteiger partial charge on any atom is -0.478 e. The van der Waals surface area contributed by atoms with Crippen molar-refractivity contribution in [2.75, 3.05) is 0 Å². The second-order valence-corrected chi connectivity index (χ2v) is 7.89. The number of allylic oxidation sites excluding steroid dienone is 3. The molecule has 1 aliphatic heterocycles. The van der Waals surface area contributed by atoms with Crippen LogP contribution < -0.4 is 0 Å². The van der Waals surface area contributed by atoms with Crippen molar-refractivity contribution < 1.29 is 14.6 Å². The summed E-state index contributed by atoms with van der Waals surface area (Å²) >= 11 is 0. The van der Waals surface area contributed by atoms with Gasteiger partial charge in [-0.1, -0.05) is 38.5 Å². The molecule has 22 heavy (non-hydrogen) atoms. The Morgan fingerprint density at radius 2 is 2.09 bits per heavy atom. The van der Waals surface area contributed by atoms with Gasteiger partial charge in [0.25, 0.3) is 0 Å². The molecule has 0 radical (unpaired) electrons. The largest absolute Gasteiger partial charge is 0.478 e. The fourth-order valence-corrected chi connectivity index (χ4v) is 4.90. The summed E-state index contributed by atoms with van der Waals surface area (Å²) in [4.78, 5) is 11.4. The van der Waals surface area contributed by atoms with Gasteiger partial charge in [0, 0.05) is 12.0 Å². The third-order valence-corrected chi connectivity index (χ3v) is 6.29. The quantitative estimate of drug-likeness (QED) is 0.784. The van der Waals surface area contributed by atoms with Crippen molar-refractivity contribution in [2.24, 2.45) is 11.3 Å². The van der Waals surface area contributed by atoms with Gasteiger partial charge < -0.3 is 9.84 Å². The number of aliphatic carboxylic acids is 1. The molecular formula is C19H24O3. The first-order valence-corrected chi connectivity index (χ1v) is 8.44. The van der Waals surface area contributed by atoms with E-state index in [2.05, 4.69) is 26.8 Å². The Bertz CT molecular complexity index is 652. The van der Waals surface area contributed by atoms with Gasteiger partial charge in [-0.3, -0.25) is 0 Å². The molecule has 3 heteroatoms. The molecule has 0 bridgehead atoms. The number of epoxide rings is 1. The zero-order valence-electron chi connectivity index (χ0n) is 13.6. The van der Waals surface area contributed by atoms with E-state index in [1.807, 2.05) is 6.08 Å². The summed E-state index contributed by atoms with van der Waals surface area (Å²) < 4.78 is 6.10. The van der Waals surface area contributed by atoms with E-state index in [4.69, 9.17) is 4.74 Å². The van der Waals surface area contributed by atoms with Gasteiger partial charge in [-0.15, -0.1) is 0 Å². The van der Waals surface area contributed by atoms with Crippen LogP contribution in [-0.2, 0) is 9.53 Å². The first kappa shape index (κ1) is 14.3. The van der Waals surface area contributed by atoms with Gasteiger partial charge in [-0.05, 0) is 48.2 Å². The number of rotatable bonds is 2. The lowest BCUT2D eigenvalue weighted by molar-refractivity contribution is -0.132. The highest BCUT2D eigenvalue weighted by atomic mass is 16.6. The van der Waals surface area contributed by atoms with Crippen molar-refractivity contribution in [1.29, 1.82) is 0 Å². The van der Waals surface area contributed by atoms with Gasteiger partial charge in [0.15, 0.2) is 0 Å². The third kappa shape index (κ3) is 1.75. The Hall–Kier alpha value is -1.35. The molecule has 4 aliphatic rings. The topological polar surface area (TPSA) is 49.8 Å². The molecule has 0 aromatic carbocycles. The van der Waals surface area contributed by atoms with Crippen LogP contribution in [0.15, 0.2) is 34.4 Å². The SMILES string of the molecule is CC(C)C1=C2C3=CC=C(C(=O)O)C[C@@H]4O[C@@]34CC[C@@]2(C)CC1. The smallest absolute Gasteiger partial charge is 0.331 e. The van der Waals surface area contributed by atoms with Crippen molar-refractivity contribution in [3.8, 4) is 0 Å². The zero-order valence-corrected chi connectivity index (χ0v) is 13.6. The van der Waals surface area contributed by atoms with Gasteiger partial charge in [-0.25, -0.2) is 4.79 Å². The van der Waals surface area contributed by atoms with Crippen molar-refractivity contribution in [3.05, 3.63) is 34.4 Å². The summed E-state index contributed by atoms with van der Waals surface area (Å²) in [7, 11) is 0. The van der Waals surface area contributed by atoms with Crippen LogP contribution in [0.5, 0.6) is 0 Å². The molecule has 4 rings (SSSR count). The molecule has 2 fully saturated rings. The van der Waals surface area contributed by atoms with Crippen LogP contribution in [0.3, 0.4) is 0 Å². The minimum atomic E-state index is -0.812. The Labute approximate surface area is 131 Å². The summed E-state index contributed by atoms with van der Waals surface area (Å²) in [5, 5.41) is 9.34. The average molecular weight is 300 g/mol. The summed E-state index contributed by atoms with van der Waals surface area (Å²) in [6.45, 7) is 6.93. The van der Waals surface area contributed by atoms with E-state index in [9.17, 15) is 9.90 Å². The minimum absolute atomic E-state index is 0.0645. The number of carboxylic acid groups (broad SMARTS) is 1. The molecule has 3 aliphatic carbocycles. The molecule has 118 valence electrons. The fourth-order valence-electron chi connectivity index (χ4n) is 4.90. The van der Waals surface area contributed by atoms with Crippen LogP contribution in [0.25, 0.3) is 0 Å². The molecule has 0 aromatic heterocycles. The van der Waals surface area contributed by atoms with E-state index in [1.54, 1.807) is 5.57 Å². The van der Waals surface area contributed by atoms with Crippen LogP contribution in [0, 0.1) is 11.3 Å². The van der Waals surface area contributed by atoms with E-state index >= 15 is 0 Å². The van der Waals surface area contributed by atoms with Crippen LogP contribution in [0.1, 0.15) is 52.9 Å². The molecule has 1 heterocycles. The van der Waals surface area contributed by atoms with E-state index < -0.39 is 5.97 Å². The predicted octanol–water partition coefficient (Wildman–Crippen LogP) is 4.01. The Morgan fingerprint density at radius 1 is 1.32 bits per heavy atom. The summed E-state index contributed by atoms with van der Waals surface area (Å²) in [6.07, 6.45) is 9.09. The first-order chi connectivity index (χ1) is 10.4. The molecule has 3 nitrogen and oxygen atoms in total. The van der Waals surface area contributed by atoms with Gasteiger partial charge in [0.05, 0.1) is 6.10 Å². The molecule has 1 N–H and O–H groups in total. The van der Waals surface area contributed by atoms with Gasteiger partial charge in [0.2, 0.25) is 0 Å². The highest BCUT2D eigenvalue weighted by molar-refractivity contribution is 5.87. The summed E-state index contributed by atoms with van der Waals surface area (Å²) in [6, 6.07) is 0. The highest BCUT2D eigenvalue weighted by Crippen LogP contribution is 2.65. The summed E-state index contributed by atoms with van der Waals surface area (Å²) in [5.41, 5.74) is 4.91. The molecule has 0 aromatic rings. The molecule has 1 spiro atoms. The van der Waals surface area contributed by atoms with E-state index in [0.717, 1.165) is 12.8 Å². The van der Waals surface area contributed by atoms with Gasteiger partial charge in [0.1, 0.15) is 5.60 Å².